The maximum Gasteiger partial charge on any atom is 0.148 e. The standard InChI is InChI=1S/C11H11BrClN3/c1-7-14-8(2)16(15-7)11-4-3-10(12)5-9(11)6-13/h3-5H,6H2,1-2H3. The van der Waals surface area contributed by atoms with Gasteiger partial charge in [0.05, 0.1) is 5.69 Å². The summed E-state index contributed by atoms with van der Waals surface area (Å²) in [7, 11) is 0. The number of nitrogens with zero attached hydrogens (tertiary/aromatic N) is 3. The van der Waals surface area contributed by atoms with Gasteiger partial charge in [-0.3, -0.25) is 0 Å². The van der Waals surface area contributed by atoms with Gasteiger partial charge in [0.2, 0.25) is 0 Å². The quantitative estimate of drug-likeness (QED) is 0.796. The molecule has 0 spiro atoms. The van der Waals surface area contributed by atoms with E-state index in [0.717, 1.165) is 27.4 Å². The molecule has 1 aromatic carbocycles. The molecule has 5 heteroatoms. The lowest BCUT2D eigenvalue weighted by Crippen LogP contribution is -2.02. The lowest BCUT2D eigenvalue weighted by Gasteiger charge is -2.08. The molecule has 84 valence electrons. The van der Waals surface area contributed by atoms with Crippen molar-refractivity contribution < 1.29 is 0 Å². The number of rotatable bonds is 2. The summed E-state index contributed by atoms with van der Waals surface area (Å²) in [6.45, 7) is 3.81. The molecular formula is C11H11BrClN3. The Morgan fingerprint density at radius 3 is 2.69 bits per heavy atom. The molecule has 16 heavy (non-hydrogen) atoms. The van der Waals surface area contributed by atoms with Crippen LogP contribution in [0.4, 0.5) is 0 Å². The van der Waals surface area contributed by atoms with Crippen molar-refractivity contribution in [3.63, 3.8) is 0 Å². The number of alkyl halides is 1. The Bertz CT molecular complexity index is 522. The molecule has 2 aromatic rings. The Morgan fingerprint density at radius 2 is 2.12 bits per heavy atom. The largest absolute Gasteiger partial charge is 0.218 e. The van der Waals surface area contributed by atoms with E-state index in [0.29, 0.717) is 5.88 Å². The van der Waals surface area contributed by atoms with Gasteiger partial charge in [-0.15, -0.1) is 11.6 Å². The van der Waals surface area contributed by atoms with Crippen molar-refractivity contribution in [2.24, 2.45) is 0 Å². The van der Waals surface area contributed by atoms with Crippen LogP contribution in [-0.2, 0) is 5.88 Å². The van der Waals surface area contributed by atoms with E-state index >= 15 is 0 Å². The van der Waals surface area contributed by atoms with Crippen LogP contribution in [0, 0.1) is 13.8 Å². The van der Waals surface area contributed by atoms with Crippen LogP contribution in [-0.4, -0.2) is 14.8 Å². The summed E-state index contributed by atoms with van der Waals surface area (Å²) >= 11 is 9.36. The average Bonchev–Trinajstić information content (AvgIpc) is 2.57. The summed E-state index contributed by atoms with van der Waals surface area (Å²) < 4.78 is 2.83. The number of halogens is 2. The Morgan fingerprint density at radius 1 is 1.38 bits per heavy atom. The Balaban J connectivity index is 2.59. The fourth-order valence-corrected chi connectivity index (χ4v) is 2.24. The van der Waals surface area contributed by atoms with Crippen molar-refractivity contribution in [3.8, 4) is 5.69 Å². The topological polar surface area (TPSA) is 30.7 Å². The molecule has 1 aromatic heterocycles. The molecule has 0 N–H and O–H groups in total. The number of hydrogen-bond acceptors (Lipinski definition) is 2. The fourth-order valence-electron chi connectivity index (χ4n) is 1.62. The minimum absolute atomic E-state index is 0.452. The third-order valence-corrected chi connectivity index (χ3v) is 3.07. The molecule has 0 aliphatic rings. The highest BCUT2D eigenvalue weighted by Crippen LogP contribution is 2.22. The Labute approximate surface area is 108 Å². The Kier molecular flexibility index (Phi) is 3.30. The van der Waals surface area contributed by atoms with E-state index in [1.165, 1.54) is 0 Å². The SMILES string of the molecule is Cc1nc(C)n(-c2ccc(Br)cc2CCl)n1. The second kappa shape index (κ2) is 4.55. The predicted octanol–water partition coefficient (Wildman–Crippen LogP) is 3.39. The van der Waals surface area contributed by atoms with E-state index in [2.05, 4.69) is 26.0 Å². The number of aryl methyl sites for hydroxylation is 2. The van der Waals surface area contributed by atoms with Gasteiger partial charge in [0, 0.05) is 10.4 Å². The first-order chi connectivity index (χ1) is 7.61. The van der Waals surface area contributed by atoms with Gasteiger partial charge in [0.25, 0.3) is 0 Å². The van der Waals surface area contributed by atoms with Gasteiger partial charge < -0.3 is 0 Å². The zero-order chi connectivity index (χ0) is 11.7. The van der Waals surface area contributed by atoms with Gasteiger partial charge in [-0.2, -0.15) is 5.10 Å². The lowest BCUT2D eigenvalue weighted by molar-refractivity contribution is 0.823. The van der Waals surface area contributed by atoms with Gasteiger partial charge in [-0.05, 0) is 37.6 Å². The highest BCUT2D eigenvalue weighted by atomic mass is 79.9. The minimum atomic E-state index is 0.452. The lowest BCUT2D eigenvalue weighted by atomic mass is 10.2. The van der Waals surface area contributed by atoms with Crippen LogP contribution in [0.5, 0.6) is 0 Å². The summed E-state index contributed by atoms with van der Waals surface area (Å²) in [6, 6.07) is 5.96. The normalized spacial score (nSPS) is 10.8. The molecule has 0 saturated carbocycles. The zero-order valence-corrected chi connectivity index (χ0v) is 11.4. The second-order valence-corrected chi connectivity index (χ2v) is 4.71. The summed E-state index contributed by atoms with van der Waals surface area (Å²) in [5, 5.41) is 4.35. The third kappa shape index (κ3) is 2.13. The van der Waals surface area contributed by atoms with Gasteiger partial charge in [-0.1, -0.05) is 15.9 Å². The molecule has 0 amide bonds. The summed E-state index contributed by atoms with van der Waals surface area (Å²) in [6.07, 6.45) is 0. The second-order valence-electron chi connectivity index (χ2n) is 3.52. The van der Waals surface area contributed by atoms with Crippen molar-refractivity contribution in [2.45, 2.75) is 19.7 Å². The van der Waals surface area contributed by atoms with Crippen LogP contribution in [0.1, 0.15) is 17.2 Å². The van der Waals surface area contributed by atoms with Crippen molar-refractivity contribution >= 4 is 27.5 Å². The van der Waals surface area contributed by atoms with Crippen molar-refractivity contribution in [1.82, 2.24) is 14.8 Å². The van der Waals surface area contributed by atoms with Gasteiger partial charge >= 0.3 is 0 Å². The van der Waals surface area contributed by atoms with Crippen LogP contribution < -0.4 is 0 Å². The number of aromatic nitrogens is 3. The van der Waals surface area contributed by atoms with Crippen molar-refractivity contribution in [2.75, 3.05) is 0 Å². The highest BCUT2D eigenvalue weighted by Gasteiger charge is 2.09. The molecule has 0 aliphatic carbocycles. The summed E-state index contributed by atoms with van der Waals surface area (Å²) in [5.74, 6) is 2.08. The first-order valence-corrected chi connectivity index (χ1v) is 6.19. The van der Waals surface area contributed by atoms with Gasteiger partial charge in [0.1, 0.15) is 11.6 Å². The van der Waals surface area contributed by atoms with Crippen LogP contribution >= 0.6 is 27.5 Å². The van der Waals surface area contributed by atoms with Crippen molar-refractivity contribution in [1.29, 1.82) is 0 Å². The zero-order valence-electron chi connectivity index (χ0n) is 9.04. The molecule has 0 unspecified atom stereocenters. The summed E-state index contributed by atoms with van der Waals surface area (Å²) in [4.78, 5) is 4.28. The maximum atomic E-state index is 5.93. The molecule has 0 bridgehead atoms. The molecule has 3 nitrogen and oxygen atoms in total. The van der Waals surface area contributed by atoms with Crippen LogP contribution in [0.3, 0.4) is 0 Å². The molecule has 0 fully saturated rings. The molecule has 0 aliphatic heterocycles. The predicted molar refractivity (Wildman–Crippen MR) is 68.1 cm³/mol. The fraction of sp³-hybridized carbons (Fsp3) is 0.273. The molecule has 0 atom stereocenters. The van der Waals surface area contributed by atoms with Gasteiger partial charge in [0.15, 0.2) is 0 Å². The van der Waals surface area contributed by atoms with E-state index < -0.39 is 0 Å². The van der Waals surface area contributed by atoms with E-state index in [1.807, 2.05) is 36.7 Å². The highest BCUT2D eigenvalue weighted by molar-refractivity contribution is 9.10. The van der Waals surface area contributed by atoms with E-state index in [4.69, 9.17) is 11.6 Å². The third-order valence-electron chi connectivity index (χ3n) is 2.29. The van der Waals surface area contributed by atoms with Gasteiger partial charge in [-0.25, -0.2) is 9.67 Å². The monoisotopic (exact) mass is 299 g/mol. The smallest absolute Gasteiger partial charge is 0.148 e. The maximum absolute atomic E-state index is 5.93. The van der Waals surface area contributed by atoms with Crippen LogP contribution in [0.2, 0.25) is 0 Å². The molecule has 0 radical (unpaired) electrons. The van der Waals surface area contributed by atoms with Crippen molar-refractivity contribution in [3.05, 3.63) is 39.9 Å². The molecule has 0 saturated heterocycles. The first-order valence-electron chi connectivity index (χ1n) is 4.87. The number of benzene rings is 1. The first kappa shape index (κ1) is 11.6. The van der Waals surface area contributed by atoms with Crippen LogP contribution in [0.25, 0.3) is 5.69 Å². The van der Waals surface area contributed by atoms with E-state index in [9.17, 15) is 0 Å². The summed E-state index contributed by atoms with van der Waals surface area (Å²) in [5.41, 5.74) is 2.01. The van der Waals surface area contributed by atoms with E-state index in [1.54, 1.807) is 0 Å². The molecule has 1 heterocycles. The minimum Gasteiger partial charge on any atom is -0.218 e. The average molecular weight is 301 g/mol. The van der Waals surface area contributed by atoms with Crippen LogP contribution in [0.15, 0.2) is 22.7 Å². The molecular weight excluding hydrogens is 289 g/mol. The number of hydrogen-bond donors (Lipinski definition) is 0. The molecule has 2 rings (SSSR count). The Hall–Kier alpha value is -0.870. The van der Waals surface area contributed by atoms with E-state index in [-0.39, 0.29) is 0 Å².